The molecule has 1 fully saturated rings. The molecule has 1 saturated heterocycles. The van der Waals surface area contributed by atoms with E-state index in [1.165, 1.54) is 4.90 Å². The monoisotopic (exact) mass is 247 g/mol. The van der Waals surface area contributed by atoms with Gasteiger partial charge in [-0.1, -0.05) is 15.9 Å². The minimum absolute atomic E-state index is 0.0816. The zero-order valence-corrected chi connectivity index (χ0v) is 8.96. The van der Waals surface area contributed by atoms with Gasteiger partial charge in [0.05, 0.1) is 6.42 Å². The Balaban J connectivity index is 2.97. The number of carbonyl (C=O) groups excluding carboxylic acids is 1. The van der Waals surface area contributed by atoms with Crippen molar-refractivity contribution in [3.8, 4) is 0 Å². The van der Waals surface area contributed by atoms with Crippen molar-refractivity contribution in [2.24, 2.45) is 0 Å². The van der Waals surface area contributed by atoms with Crippen LogP contribution in [0.25, 0.3) is 0 Å². The highest BCUT2D eigenvalue weighted by atomic mass is 79.9. The highest BCUT2D eigenvalue weighted by molar-refractivity contribution is 9.09. The van der Waals surface area contributed by atoms with Crippen LogP contribution in [-0.2, 0) is 9.59 Å². The Labute approximate surface area is 84.3 Å². The molecule has 1 aliphatic rings. The summed E-state index contributed by atoms with van der Waals surface area (Å²) in [5.74, 6) is -1.21. The molecular weight excluding hydrogens is 238 g/mol. The lowest BCUT2D eigenvalue weighted by atomic mass is 10.1. The van der Waals surface area contributed by atoms with E-state index in [2.05, 4.69) is 15.9 Å². The molecule has 1 heterocycles. The summed E-state index contributed by atoms with van der Waals surface area (Å²) in [4.78, 5) is 23.0. The summed E-state index contributed by atoms with van der Waals surface area (Å²) < 4.78 is 0. The van der Waals surface area contributed by atoms with E-state index in [-0.39, 0.29) is 16.6 Å². The van der Waals surface area contributed by atoms with Crippen molar-refractivity contribution in [1.29, 1.82) is 0 Å². The normalized spacial score (nSPS) is 21.0. The molecule has 5 heteroatoms. The molecule has 0 spiro atoms. The van der Waals surface area contributed by atoms with Gasteiger partial charge in [0.2, 0.25) is 5.91 Å². The third-order valence-electron chi connectivity index (χ3n) is 1.81. The number of likely N-dealkylation sites (tertiary alicyclic amines) is 1. The van der Waals surface area contributed by atoms with E-state index in [0.29, 0.717) is 12.0 Å². The first kappa shape index (κ1) is 10.2. The Hall–Kier alpha value is -0.840. The average Bonchev–Trinajstić information content (AvgIpc) is 1.99. The van der Waals surface area contributed by atoms with Crippen LogP contribution < -0.4 is 0 Å². The average molecular weight is 248 g/mol. The number of β-lactam (4-membered cyclic amide) rings is 1. The van der Waals surface area contributed by atoms with Crippen LogP contribution in [0.2, 0.25) is 0 Å². The van der Waals surface area contributed by atoms with E-state index in [9.17, 15) is 9.59 Å². The SMILES string of the molecule is CC(C)=C(C(=O)O)N1C(=O)CC1Br. The van der Waals surface area contributed by atoms with Crippen LogP contribution in [0.1, 0.15) is 20.3 Å². The van der Waals surface area contributed by atoms with Crippen molar-refractivity contribution >= 4 is 27.8 Å². The van der Waals surface area contributed by atoms with Crippen LogP contribution >= 0.6 is 15.9 Å². The van der Waals surface area contributed by atoms with Gasteiger partial charge in [0.15, 0.2) is 0 Å². The lowest BCUT2D eigenvalue weighted by Crippen LogP contribution is -2.50. The van der Waals surface area contributed by atoms with Crippen LogP contribution in [-0.4, -0.2) is 26.8 Å². The number of carboxylic acids is 1. The van der Waals surface area contributed by atoms with Gasteiger partial charge in [-0.3, -0.25) is 9.69 Å². The number of alkyl halides is 1. The number of carbonyl (C=O) groups is 2. The summed E-state index contributed by atoms with van der Waals surface area (Å²) in [6, 6.07) is 0. The Morgan fingerprint density at radius 1 is 1.62 bits per heavy atom. The molecule has 0 aromatic rings. The zero-order chi connectivity index (χ0) is 10.2. The van der Waals surface area contributed by atoms with Crippen LogP contribution in [0.3, 0.4) is 0 Å². The third-order valence-corrected chi connectivity index (χ3v) is 2.54. The second-order valence-corrected chi connectivity index (χ2v) is 4.11. The first-order valence-electron chi connectivity index (χ1n) is 3.82. The fraction of sp³-hybridized carbons (Fsp3) is 0.500. The Bertz CT molecular complexity index is 294. The van der Waals surface area contributed by atoms with Crippen LogP contribution in [0, 0.1) is 0 Å². The van der Waals surface area contributed by atoms with Crippen molar-refractivity contribution in [1.82, 2.24) is 4.90 Å². The summed E-state index contributed by atoms with van der Waals surface area (Å²) >= 11 is 3.21. The molecule has 0 aromatic carbocycles. The van der Waals surface area contributed by atoms with Crippen molar-refractivity contribution in [3.05, 3.63) is 11.3 Å². The van der Waals surface area contributed by atoms with Gasteiger partial charge in [-0.25, -0.2) is 4.79 Å². The lowest BCUT2D eigenvalue weighted by molar-refractivity contribution is -0.145. The van der Waals surface area contributed by atoms with Crippen LogP contribution in [0.5, 0.6) is 0 Å². The Morgan fingerprint density at radius 2 is 2.15 bits per heavy atom. The van der Waals surface area contributed by atoms with E-state index >= 15 is 0 Å². The number of rotatable bonds is 2. The first-order valence-corrected chi connectivity index (χ1v) is 4.73. The van der Waals surface area contributed by atoms with Crippen molar-refractivity contribution in [2.45, 2.75) is 25.2 Å². The summed E-state index contributed by atoms with van der Waals surface area (Å²) in [6.45, 7) is 3.35. The number of hydrogen-bond donors (Lipinski definition) is 1. The summed E-state index contributed by atoms with van der Waals surface area (Å²) in [7, 11) is 0. The Kier molecular flexibility index (Phi) is 2.75. The lowest BCUT2D eigenvalue weighted by Gasteiger charge is -2.37. The van der Waals surface area contributed by atoms with Crippen molar-refractivity contribution in [3.63, 3.8) is 0 Å². The molecule has 0 saturated carbocycles. The number of nitrogens with zero attached hydrogens (tertiary/aromatic N) is 1. The molecule has 0 aromatic heterocycles. The molecule has 4 nitrogen and oxygen atoms in total. The molecule has 0 radical (unpaired) electrons. The second kappa shape index (κ2) is 3.49. The number of halogens is 1. The fourth-order valence-corrected chi connectivity index (χ4v) is 1.91. The van der Waals surface area contributed by atoms with E-state index in [1.807, 2.05) is 0 Å². The maximum atomic E-state index is 11.1. The molecule has 1 rings (SSSR count). The van der Waals surface area contributed by atoms with Gasteiger partial charge in [-0.2, -0.15) is 0 Å². The topological polar surface area (TPSA) is 57.6 Å². The molecule has 1 aliphatic heterocycles. The Morgan fingerprint density at radius 3 is 2.31 bits per heavy atom. The maximum absolute atomic E-state index is 11.1. The van der Waals surface area contributed by atoms with Gasteiger partial charge >= 0.3 is 5.97 Å². The highest BCUT2D eigenvalue weighted by Gasteiger charge is 2.39. The third kappa shape index (κ3) is 1.75. The quantitative estimate of drug-likeness (QED) is 0.347. The molecule has 1 N–H and O–H groups in total. The molecular formula is C8H10BrNO3. The van der Waals surface area contributed by atoms with Crippen LogP contribution in [0.4, 0.5) is 0 Å². The number of amides is 1. The van der Waals surface area contributed by atoms with Gasteiger partial charge in [-0.15, -0.1) is 0 Å². The first-order chi connectivity index (χ1) is 5.95. The van der Waals surface area contributed by atoms with Gasteiger partial charge in [0, 0.05) is 0 Å². The second-order valence-electron chi connectivity index (χ2n) is 3.06. The summed E-state index contributed by atoms with van der Waals surface area (Å²) in [5.41, 5.74) is 0.711. The standard InChI is InChI=1S/C8H10BrNO3/c1-4(2)7(8(12)13)10-5(9)3-6(10)11/h5H,3H2,1-2H3,(H,12,13). The maximum Gasteiger partial charge on any atom is 0.352 e. The van der Waals surface area contributed by atoms with E-state index in [0.717, 1.165) is 0 Å². The molecule has 0 bridgehead atoms. The number of aliphatic carboxylic acids is 1. The van der Waals surface area contributed by atoms with E-state index < -0.39 is 5.97 Å². The number of hydrogen-bond acceptors (Lipinski definition) is 2. The predicted molar refractivity (Wildman–Crippen MR) is 50.2 cm³/mol. The molecule has 0 aliphatic carbocycles. The van der Waals surface area contributed by atoms with E-state index in [1.54, 1.807) is 13.8 Å². The van der Waals surface area contributed by atoms with Gasteiger partial charge in [-0.05, 0) is 19.4 Å². The molecule has 72 valence electrons. The molecule has 1 atom stereocenters. The van der Waals surface area contributed by atoms with E-state index in [4.69, 9.17) is 5.11 Å². The van der Waals surface area contributed by atoms with Gasteiger partial charge in [0.1, 0.15) is 10.6 Å². The number of allylic oxidation sites excluding steroid dienone is 1. The summed E-state index contributed by atoms with van der Waals surface area (Å²) in [6.07, 6.45) is 0.365. The smallest absolute Gasteiger partial charge is 0.352 e. The van der Waals surface area contributed by atoms with Gasteiger partial charge < -0.3 is 5.11 Å². The minimum atomic E-state index is -1.06. The van der Waals surface area contributed by atoms with Crippen LogP contribution in [0.15, 0.2) is 11.3 Å². The fourth-order valence-electron chi connectivity index (χ4n) is 1.20. The zero-order valence-electron chi connectivity index (χ0n) is 7.37. The number of carboxylic acid groups (broad SMARTS) is 1. The summed E-state index contributed by atoms with van der Waals surface area (Å²) in [5, 5.41) is 8.84. The van der Waals surface area contributed by atoms with Crippen molar-refractivity contribution in [2.75, 3.05) is 0 Å². The van der Waals surface area contributed by atoms with Gasteiger partial charge in [0.25, 0.3) is 0 Å². The predicted octanol–water partition coefficient (Wildman–Crippen LogP) is 1.32. The largest absolute Gasteiger partial charge is 0.477 e. The molecule has 13 heavy (non-hydrogen) atoms. The molecule has 1 unspecified atom stereocenters. The van der Waals surface area contributed by atoms with Crippen molar-refractivity contribution < 1.29 is 14.7 Å². The highest BCUT2D eigenvalue weighted by Crippen LogP contribution is 2.30. The minimum Gasteiger partial charge on any atom is -0.477 e. The molecule has 1 amide bonds.